The van der Waals surface area contributed by atoms with Crippen LogP contribution in [0.3, 0.4) is 0 Å². The van der Waals surface area contributed by atoms with Crippen LogP contribution in [0, 0.1) is 10.1 Å². The average Bonchev–Trinajstić information content (AvgIpc) is 3.34. The Kier molecular flexibility index (Phi) is 7.96. The Hall–Kier alpha value is -4.22. The first-order valence-electron chi connectivity index (χ1n) is 10.1. The maximum absolute atomic E-state index is 12.5. The topological polar surface area (TPSA) is 161 Å². The van der Waals surface area contributed by atoms with E-state index < -0.39 is 35.6 Å². The molecule has 0 spiro atoms. The van der Waals surface area contributed by atoms with Crippen LogP contribution < -0.4 is 10.1 Å². The number of nitro benzene ring substituents is 1. The predicted octanol–water partition coefficient (Wildman–Crippen LogP) is 2.38. The van der Waals surface area contributed by atoms with Crippen molar-refractivity contribution in [2.24, 2.45) is 0 Å². The number of amides is 1. The van der Waals surface area contributed by atoms with E-state index in [2.05, 4.69) is 10.1 Å². The Labute approximate surface area is 193 Å². The number of rotatable bonds is 10. The van der Waals surface area contributed by atoms with Gasteiger partial charge in [0, 0.05) is 12.1 Å². The minimum atomic E-state index is -1.31. The summed E-state index contributed by atoms with van der Waals surface area (Å²) in [7, 11) is 1.29. The van der Waals surface area contributed by atoms with Gasteiger partial charge in [0.05, 0.1) is 30.2 Å². The molecule has 11 heteroatoms. The number of aliphatic hydroxyl groups excluding tert-OH is 2. The number of benzene rings is 2. The summed E-state index contributed by atoms with van der Waals surface area (Å²) in [5, 5.41) is 33.3. The van der Waals surface area contributed by atoms with E-state index in [0.717, 1.165) is 0 Å². The summed E-state index contributed by atoms with van der Waals surface area (Å²) in [6.07, 6.45) is -1.31. The van der Waals surface area contributed by atoms with Gasteiger partial charge < -0.3 is 29.4 Å². The van der Waals surface area contributed by atoms with Crippen LogP contribution >= 0.6 is 0 Å². The zero-order valence-electron chi connectivity index (χ0n) is 18.0. The SMILES string of the molecule is COC(=O)c1ccc(OCc2ccc(C(=O)NC(CO)C(O)c3ccc([N+](=O)[O-])cc3)o2)cc1. The summed E-state index contributed by atoms with van der Waals surface area (Å²) < 4.78 is 15.7. The number of carbonyl (C=O) groups is 2. The zero-order valence-corrected chi connectivity index (χ0v) is 18.0. The molecule has 11 nitrogen and oxygen atoms in total. The van der Waals surface area contributed by atoms with Crippen LogP contribution in [0.5, 0.6) is 5.75 Å². The Morgan fingerprint density at radius 3 is 2.35 bits per heavy atom. The number of carbonyl (C=O) groups excluding carboxylic acids is 2. The molecule has 1 heterocycles. The second-order valence-corrected chi connectivity index (χ2v) is 7.13. The number of nitrogens with one attached hydrogen (secondary N) is 1. The summed E-state index contributed by atoms with van der Waals surface area (Å²) in [5.41, 5.74) is 0.517. The van der Waals surface area contributed by atoms with Crippen LogP contribution in [0.1, 0.15) is 38.3 Å². The van der Waals surface area contributed by atoms with E-state index in [1.165, 1.54) is 37.4 Å². The lowest BCUT2D eigenvalue weighted by molar-refractivity contribution is -0.384. The monoisotopic (exact) mass is 470 g/mol. The fourth-order valence-corrected chi connectivity index (χ4v) is 3.03. The number of hydrogen-bond donors (Lipinski definition) is 3. The first-order chi connectivity index (χ1) is 16.3. The lowest BCUT2D eigenvalue weighted by atomic mass is 10.0. The van der Waals surface area contributed by atoms with Gasteiger partial charge in [-0.15, -0.1) is 0 Å². The molecule has 3 rings (SSSR count). The van der Waals surface area contributed by atoms with Crippen LogP contribution in [-0.4, -0.2) is 46.8 Å². The van der Waals surface area contributed by atoms with E-state index >= 15 is 0 Å². The third kappa shape index (κ3) is 5.97. The van der Waals surface area contributed by atoms with Gasteiger partial charge in [0.2, 0.25) is 0 Å². The summed E-state index contributed by atoms with van der Waals surface area (Å²) in [4.78, 5) is 34.2. The van der Waals surface area contributed by atoms with Crippen molar-refractivity contribution in [1.29, 1.82) is 0 Å². The highest BCUT2D eigenvalue weighted by atomic mass is 16.6. The molecule has 3 N–H and O–H groups in total. The van der Waals surface area contributed by atoms with Gasteiger partial charge in [-0.3, -0.25) is 14.9 Å². The lowest BCUT2D eigenvalue weighted by Gasteiger charge is -2.22. The molecule has 2 aromatic carbocycles. The quantitative estimate of drug-likeness (QED) is 0.229. The number of methoxy groups -OCH3 is 1. The van der Waals surface area contributed by atoms with Gasteiger partial charge in [-0.05, 0) is 54.1 Å². The summed E-state index contributed by atoms with van der Waals surface area (Å²) in [6, 6.07) is 13.3. The van der Waals surface area contributed by atoms with Gasteiger partial charge in [0.25, 0.3) is 11.6 Å². The van der Waals surface area contributed by atoms with Gasteiger partial charge in [-0.1, -0.05) is 0 Å². The molecule has 0 radical (unpaired) electrons. The lowest BCUT2D eigenvalue weighted by Crippen LogP contribution is -2.41. The van der Waals surface area contributed by atoms with E-state index in [4.69, 9.17) is 9.15 Å². The molecule has 3 aromatic rings. The zero-order chi connectivity index (χ0) is 24.7. The minimum Gasteiger partial charge on any atom is -0.486 e. The molecule has 34 heavy (non-hydrogen) atoms. The molecule has 0 fully saturated rings. The molecule has 0 saturated carbocycles. The molecule has 0 aliphatic heterocycles. The van der Waals surface area contributed by atoms with E-state index in [9.17, 15) is 29.9 Å². The number of hydrogen-bond acceptors (Lipinski definition) is 9. The molecule has 0 bridgehead atoms. The Morgan fingerprint density at radius 1 is 1.09 bits per heavy atom. The molecular formula is C23H22N2O9. The van der Waals surface area contributed by atoms with Crippen molar-refractivity contribution >= 4 is 17.6 Å². The maximum Gasteiger partial charge on any atom is 0.337 e. The molecule has 1 aromatic heterocycles. The number of esters is 1. The van der Waals surface area contributed by atoms with Gasteiger partial charge in [0.1, 0.15) is 24.2 Å². The van der Waals surface area contributed by atoms with E-state index in [1.54, 1.807) is 30.3 Å². The highest BCUT2D eigenvalue weighted by Gasteiger charge is 2.24. The number of nitro groups is 1. The molecule has 178 valence electrons. The van der Waals surface area contributed by atoms with E-state index in [0.29, 0.717) is 17.1 Å². The third-order valence-corrected chi connectivity index (χ3v) is 4.88. The minimum absolute atomic E-state index is 0.0136. The number of nitrogens with zero attached hydrogens (tertiary/aromatic N) is 1. The molecule has 2 unspecified atom stereocenters. The average molecular weight is 470 g/mol. The van der Waals surface area contributed by atoms with Crippen molar-refractivity contribution in [2.45, 2.75) is 18.8 Å². The summed E-state index contributed by atoms with van der Waals surface area (Å²) in [6.45, 7) is -0.568. The normalized spacial score (nSPS) is 12.4. The molecule has 0 saturated heterocycles. The summed E-state index contributed by atoms with van der Waals surface area (Å²) >= 11 is 0. The van der Waals surface area contributed by atoms with Crippen LogP contribution in [0.25, 0.3) is 0 Å². The van der Waals surface area contributed by atoms with Crippen molar-refractivity contribution in [3.63, 3.8) is 0 Å². The van der Waals surface area contributed by atoms with Crippen LogP contribution in [-0.2, 0) is 11.3 Å². The van der Waals surface area contributed by atoms with Crippen molar-refractivity contribution in [3.05, 3.63) is 93.4 Å². The first kappa shape index (κ1) is 24.4. The molecule has 0 aliphatic rings. The van der Waals surface area contributed by atoms with Gasteiger partial charge >= 0.3 is 5.97 Å². The standard InChI is InChI=1S/C23H22N2O9/c1-32-23(29)15-4-8-17(9-5-15)33-13-18-10-11-20(34-18)22(28)24-19(12-26)21(27)14-2-6-16(7-3-14)25(30)31/h2-11,19,21,26-27H,12-13H2,1H3,(H,24,28). The fourth-order valence-electron chi connectivity index (χ4n) is 3.03. The highest BCUT2D eigenvalue weighted by molar-refractivity contribution is 5.91. The van der Waals surface area contributed by atoms with Gasteiger partial charge in [-0.25, -0.2) is 4.79 Å². The van der Waals surface area contributed by atoms with Gasteiger partial charge in [0.15, 0.2) is 5.76 Å². The number of non-ortho nitro benzene ring substituents is 1. The molecule has 2 atom stereocenters. The smallest absolute Gasteiger partial charge is 0.337 e. The number of ether oxygens (including phenoxy) is 2. The van der Waals surface area contributed by atoms with Crippen molar-refractivity contribution in [3.8, 4) is 5.75 Å². The second-order valence-electron chi connectivity index (χ2n) is 7.13. The van der Waals surface area contributed by atoms with E-state index in [-0.39, 0.29) is 23.6 Å². The van der Waals surface area contributed by atoms with Crippen molar-refractivity contribution in [1.82, 2.24) is 5.32 Å². The van der Waals surface area contributed by atoms with Crippen LogP contribution in [0.2, 0.25) is 0 Å². The Bertz CT molecular complexity index is 1140. The molecular weight excluding hydrogens is 448 g/mol. The Morgan fingerprint density at radius 2 is 1.76 bits per heavy atom. The predicted molar refractivity (Wildman–Crippen MR) is 117 cm³/mol. The Balaban J connectivity index is 1.58. The van der Waals surface area contributed by atoms with Crippen LogP contribution in [0.4, 0.5) is 5.69 Å². The van der Waals surface area contributed by atoms with Crippen molar-refractivity contribution < 1.29 is 38.6 Å². The largest absolute Gasteiger partial charge is 0.486 e. The first-order valence-corrected chi connectivity index (χ1v) is 10.1. The highest BCUT2D eigenvalue weighted by Crippen LogP contribution is 2.21. The van der Waals surface area contributed by atoms with Gasteiger partial charge in [-0.2, -0.15) is 0 Å². The summed E-state index contributed by atoms with van der Waals surface area (Å²) in [5.74, 6) is -0.379. The molecule has 0 aliphatic carbocycles. The number of aliphatic hydroxyl groups is 2. The fraction of sp³-hybridized carbons (Fsp3) is 0.217. The maximum atomic E-state index is 12.5. The van der Waals surface area contributed by atoms with E-state index in [1.807, 2.05) is 0 Å². The second kappa shape index (κ2) is 11.1. The molecule has 1 amide bonds. The number of furan rings is 1. The third-order valence-electron chi connectivity index (χ3n) is 4.88. The van der Waals surface area contributed by atoms with Crippen molar-refractivity contribution in [2.75, 3.05) is 13.7 Å². The van der Waals surface area contributed by atoms with Crippen LogP contribution in [0.15, 0.2) is 65.1 Å².